The number of carbonyl (C=O) groups is 3. The molecular formula is C23H29N5O6. The van der Waals surface area contributed by atoms with Crippen LogP contribution in [0.3, 0.4) is 0 Å². The fourth-order valence-electron chi connectivity index (χ4n) is 3.13. The summed E-state index contributed by atoms with van der Waals surface area (Å²) in [5.41, 5.74) is 1.33. The summed E-state index contributed by atoms with van der Waals surface area (Å²) in [5, 5.41) is 19.4. The molecule has 1 heterocycles. The van der Waals surface area contributed by atoms with Crippen LogP contribution in [0.1, 0.15) is 42.9 Å². The summed E-state index contributed by atoms with van der Waals surface area (Å²) in [6.45, 7) is 2.37. The summed E-state index contributed by atoms with van der Waals surface area (Å²) in [7, 11) is 1.21. The SMILES string of the molecule is COC(=O)CC(NC(=O)CNC(=O)CCCCNc1cc(C)ccn1)c1cccc([N+](=O)[O-])c1. The van der Waals surface area contributed by atoms with E-state index in [4.69, 9.17) is 0 Å². The first-order valence-corrected chi connectivity index (χ1v) is 10.8. The van der Waals surface area contributed by atoms with E-state index in [2.05, 4.69) is 25.7 Å². The molecule has 1 aromatic heterocycles. The minimum absolute atomic E-state index is 0.164. The number of pyridine rings is 1. The van der Waals surface area contributed by atoms with Crippen molar-refractivity contribution in [1.29, 1.82) is 0 Å². The molecule has 1 unspecified atom stereocenters. The average Bonchev–Trinajstić information content (AvgIpc) is 2.82. The van der Waals surface area contributed by atoms with Gasteiger partial charge in [0.25, 0.3) is 5.69 Å². The van der Waals surface area contributed by atoms with E-state index in [9.17, 15) is 24.5 Å². The molecule has 182 valence electrons. The van der Waals surface area contributed by atoms with Gasteiger partial charge in [-0.2, -0.15) is 0 Å². The lowest BCUT2D eigenvalue weighted by Crippen LogP contribution is -2.39. The molecule has 0 aliphatic carbocycles. The maximum absolute atomic E-state index is 12.4. The molecule has 0 fully saturated rings. The average molecular weight is 472 g/mol. The van der Waals surface area contributed by atoms with Crippen LogP contribution in [0.5, 0.6) is 0 Å². The number of esters is 1. The Morgan fingerprint density at radius 3 is 2.65 bits per heavy atom. The van der Waals surface area contributed by atoms with Gasteiger partial charge in [-0.3, -0.25) is 24.5 Å². The summed E-state index contributed by atoms with van der Waals surface area (Å²) in [5.74, 6) is -0.605. The van der Waals surface area contributed by atoms with Crippen molar-refractivity contribution >= 4 is 29.3 Å². The number of aryl methyl sites for hydroxylation is 1. The van der Waals surface area contributed by atoms with Crippen LogP contribution >= 0.6 is 0 Å². The first kappa shape index (κ1) is 26.2. The van der Waals surface area contributed by atoms with Crippen LogP contribution < -0.4 is 16.0 Å². The number of rotatable bonds is 13. The van der Waals surface area contributed by atoms with Gasteiger partial charge in [-0.1, -0.05) is 12.1 Å². The number of non-ortho nitro benzene ring substituents is 1. The molecule has 3 N–H and O–H groups in total. The molecular weight excluding hydrogens is 442 g/mol. The van der Waals surface area contributed by atoms with Gasteiger partial charge < -0.3 is 20.7 Å². The molecule has 0 bridgehead atoms. The van der Waals surface area contributed by atoms with E-state index < -0.39 is 22.8 Å². The topological polar surface area (TPSA) is 153 Å². The Morgan fingerprint density at radius 2 is 1.94 bits per heavy atom. The number of carbonyl (C=O) groups excluding carboxylic acids is 3. The van der Waals surface area contributed by atoms with E-state index in [1.54, 1.807) is 12.3 Å². The number of nitrogens with one attached hydrogen (secondary N) is 3. The number of amides is 2. The molecule has 2 amide bonds. The smallest absolute Gasteiger partial charge is 0.307 e. The van der Waals surface area contributed by atoms with E-state index >= 15 is 0 Å². The van der Waals surface area contributed by atoms with Gasteiger partial charge in [-0.25, -0.2) is 4.98 Å². The molecule has 0 saturated heterocycles. The van der Waals surface area contributed by atoms with Crippen molar-refractivity contribution in [2.45, 2.75) is 38.6 Å². The minimum atomic E-state index is -0.835. The van der Waals surface area contributed by atoms with Gasteiger partial charge in [0.05, 0.1) is 31.0 Å². The predicted molar refractivity (Wildman–Crippen MR) is 125 cm³/mol. The van der Waals surface area contributed by atoms with Gasteiger partial charge in [0.15, 0.2) is 0 Å². The van der Waals surface area contributed by atoms with E-state index in [1.165, 1.54) is 25.3 Å². The Hall–Kier alpha value is -4.02. The number of aromatic nitrogens is 1. The number of methoxy groups -OCH3 is 1. The highest BCUT2D eigenvalue weighted by Crippen LogP contribution is 2.22. The molecule has 11 nitrogen and oxygen atoms in total. The lowest BCUT2D eigenvalue weighted by Gasteiger charge is -2.18. The monoisotopic (exact) mass is 471 g/mol. The number of unbranched alkanes of at least 4 members (excludes halogenated alkanes) is 1. The highest BCUT2D eigenvalue weighted by atomic mass is 16.6. The van der Waals surface area contributed by atoms with Crippen molar-refractivity contribution in [3.8, 4) is 0 Å². The third-order valence-electron chi connectivity index (χ3n) is 4.92. The standard InChI is InChI=1S/C23H29N5O6/c1-16-9-11-25-20(12-16)24-10-4-3-8-21(29)26-15-22(30)27-19(14-23(31)34-2)17-6-5-7-18(13-17)28(32)33/h5-7,9,11-13,19H,3-4,8,10,14-15H2,1-2H3,(H,24,25)(H,26,29)(H,27,30). The maximum Gasteiger partial charge on any atom is 0.307 e. The van der Waals surface area contributed by atoms with Crippen LogP contribution in [0.25, 0.3) is 0 Å². The number of hydrogen-bond acceptors (Lipinski definition) is 8. The molecule has 0 aliphatic heterocycles. The van der Waals surface area contributed by atoms with Crippen molar-refractivity contribution < 1.29 is 24.0 Å². The number of benzene rings is 1. The van der Waals surface area contributed by atoms with E-state index in [1.807, 2.05) is 19.1 Å². The zero-order valence-corrected chi connectivity index (χ0v) is 19.2. The van der Waals surface area contributed by atoms with Crippen LogP contribution in [-0.2, 0) is 19.1 Å². The lowest BCUT2D eigenvalue weighted by atomic mass is 10.0. The third-order valence-corrected chi connectivity index (χ3v) is 4.92. The van der Waals surface area contributed by atoms with Gasteiger partial charge in [0, 0.05) is 31.3 Å². The van der Waals surface area contributed by atoms with Crippen LogP contribution in [0.4, 0.5) is 11.5 Å². The second-order valence-electron chi connectivity index (χ2n) is 7.63. The number of hydrogen-bond donors (Lipinski definition) is 3. The van der Waals surface area contributed by atoms with E-state index in [0.29, 0.717) is 18.5 Å². The zero-order chi connectivity index (χ0) is 24.9. The molecule has 1 atom stereocenters. The second-order valence-corrected chi connectivity index (χ2v) is 7.63. The Labute approximate surface area is 197 Å². The molecule has 0 aliphatic rings. The van der Waals surface area contributed by atoms with Crippen LogP contribution in [0, 0.1) is 17.0 Å². The van der Waals surface area contributed by atoms with E-state index in [-0.39, 0.29) is 31.0 Å². The summed E-state index contributed by atoms with van der Waals surface area (Å²) in [6.07, 6.45) is 3.16. The van der Waals surface area contributed by atoms with Gasteiger partial charge in [0.1, 0.15) is 5.82 Å². The van der Waals surface area contributed by atoms with Crippen molar-refractivity contribution in [3.05, 3.63) is 63.8 Å². The number of nitrogens with zero attached hydrogens (tertiary/aromatic N) is 2. The van der Waals surface area contributed by atoms with Gasteiger partial charge in [-0.15, -0.1) is 0 Å². The first-order valence-electron chi connectivity index (χ1n) is 10.8. The highest BCUT2D eigenvalue weighted by Gasteiger charge is 2.21. The number of anilines is 1. The molecule has 0 spiro atoms. The molecule has 1 aromatic carbocycles. The van der Waals surface area contributed by atoms with Crippen LogP contribution in [0.2, 0.25) is 0 Å². The lowest BCUT2D eigenvalue weighted by molar-refractivity contribution is -0.384. The molecule has 2 rings (SSSR count). The quantitative estimate of drug-likeness (QED) is 0.174. The Balaban J connectivity index is 1.77. The van der Waals surface area contributed by atoms with Crippen molar-refractivity contribution in [2.75, 3.05) is 25.5 Å². The number of nitro groups is 1. The van der Waals surface area contributed by atoms with Crippen LogP contribution in [0.15, 0.2) is 42.6 Å². The van der Waals surface area contributed by atoms with Crippen molar-refractivity contribution in [2.24, 2.45) is 0 Å². The normalized spacial score (nSPS) is 11.2. The first-order chi connectivity index (χ1) is 16.3. The molecule has 34 heavy (non-hydrogen) atoms. The summed E-state index contributed by atoms with van der Waals surface area (Å²) in [4.78, 5) is 50.8. The fraction of sp³-hybridized carbons (Fsp3) is 0.391. The molecule has 11 heteroatoms. The number of nitro benzene ring substituents is 1. The molecule has 2 aromatic rings. The summed E-state index contributed by atoms with van der Waals surface area (Å²) >= 11 is 0. The maximum atomic E-state index is 12.4. The predicted octanol–water partition coefficient (Wildman–Crippen LogP) is 2.42. The molecule has 0 saturated carbocycles. The summed E-state index contributed by atoms with van der Waals surface area (Å²) in [6, 6.07) is 8.65. The van der Waals surface area contributed by atoms with Gasteiger partial charge >= 0.3 is 5.97 Å². The zero-order valence-electron chi connectivity index (χ0n) is 19.2. The largest absolute Gasteiger partial charge is 0.469 e. The molecule has 0 radical (unpaired) electrons. The van der Waals surface area contributed by atoms with Crippen molar-refractivity contribution in [1.82, 2.24) is 15.6 Å². The van der Waals surface area contributed by atoms with Gasteiger partial charge in [0.2, 0.25) is 11.8 Å². The third kappa shape index (κ3) is 9.23. The Morgan fingerprint density at radius 1 is 1.15 bits per heavy atom. The minimum Gasteiger partial charge on any atom is -0.469 e. The Bertz CT molecular complexity index is 1010. The number of ether oxygens (including phenoxy) is 1. The highest BCUT2D eigenvalue weighted by molar-refractivity contribution is 5.85. The summed E-state index contributed by atoms with van der Waals surface area (Å²) < 4.78 is 4.65. The Kier molecular flexibility index (Phi) is 10.4. The second kappa shape index (κ2) is 13.5. The van der Waals surface area contributed by atoms with Gasteiger partial charge in [-0.05, 0) is 43.0 Å². The van der Waals surface area contributed by atoms with Crippen molar-refractivity contribution in [3.63, 3.8) is 0 Å². The fourth-order valence-corrected chi connectivity index (χ4v) is 3.13. The van der Waals surface area contributed by atoms with Crippen LogP contribution in [-0.4, -0.2) is 47.9 Å². The van der Waals surface area contributed by atoms with E-state index in [0.717, 1.165) is 17.8 Å².